The molecule has 0 spiro atoms. The van der Waals surface area contributed by atoms with Gasteiger partial charge in [-0.1, -0.05) is 26.1 Å². The van der Waals surface area contributed by atoms with E-state index in [9.17, 15) is 8.78 Å². The summed E-state index contributed by atoms with van der Waals surface area (Å²) in [7, 11) is 0. The van der Waals surface area contributed by atoms with Gasteiger partial charge < -0.3 is 10.5 Å². The van der Waals surface area contributed by atoms with E-state index >= 15 is 0 Å². The van der Waals surface area contributed by atoms with Crippen molar-refractivity contribution in [2.75, 3.05) is 6.61 Å². The fraction of sp³-hybridized carbons (Fsp3) is 0.417. The van der Waals surface area contributed by atoms with Gasteiger partial charge in [-0.2, -0.15) is 0 Å². The molecule has 0 bridgehead atoms. The van der Waals surface area contributed by atoms with E-state index in [0.29, 0.717) is 11.4 Å². The molecule has 0 aliphatic rings. The SMILES string of the molecule is CC(C)(CCOc1cc(F)ccc1F)C(N)=S. The van der Waals surface area contributed by atoms with E-state index in [2.05, 4.69) is 0 Å². The van der Waals surface area contributed by atoms with Crippen LogP contribution in [0.25, 0.3) is 0 Å². The van der Waals surface area contributed by atoms with Crippen molar-refractivity contribution in [2.24, 2.45) is 11.1 Å². The molecule has 0 saturated heterocycles. The molecule has 0 radical (unpaired) electrons. The summed E-state index contributed by atoms with van der Waals surface area (Å²) in [6, 6.07) is 3.09. The summed E-state index contributed by atoms with van der Waals surface area (Å²) in [4.78, 5) is 0.376. The predicted molar refractivity (Wildman–Crippen MR) is 67.0 cm³/mol. The Morgan fingerprint density at radius 1 is 1.41 bits per heavy atom. The normalized spacial score (nSPS) is 11.3. The summed E-state index contributed by atoms with van der Waals surface area (Å²) in [6.07, 6.45) is 0.540. The third kappa shape index (κ3) is 3.93. The molecule has 0 amide bonds. The van der Waals surface area contributed by atoms with Crippen molar-refractivity contribution in [3.8, 4) is 5.75 Å². The fourth-order valence-electron chi connectivity index (χ4n) is 1.13. The van der Waals surface area contributed by atoms with Crippen molar-refractivity contribution in [3.63, 3.8) is 0 Å². The highest BCUT2D eigenvalue weighted by atomic mass is 32.1. The Morgan fingerprint density at radius 2 is 2.06 bits per heavy atom. The first-order valence-corrected chi connectivity index (χ1v) is 5.61. The maximum absolute atomic E-state index is 13.2. The zero-order chi connectivity index (χ0) is 13.1. The molecule has 0 atom stereocenters. The third-order valence-corrected chi connectivity index (χ3v) is 3.10. The van der Waals surface area contributed by atoms with Crippen molar-refractivity contribution in [1.82, 2.24) is 0 Å². The van der Waals surface area contributed by atoms with Crippen LogP contribution in [0, 0.1) is 17.0 Å². The van der Waals surface area contributed by atoms with Crippen molar-refractivity contribution in [3.05, 3.63) is 29.8 Å². The summed E-state index contributed by atoms with van der Waals surface area (Å²) in [5.41, 5.74) is 5.18. The maximum Gasteiger partial charge on any atom is 0.165 e. The predicted octanol–water partition coefficient (Wildman–Crippen LogP) is 3.05. The molecular formula is C12H15F2NOS. The monoisotopic (exact) mass is 259 g/mol. The van der Waals surface area contributed by atoms with Gasteiger partial charge in [-0.3, -0.25) is 0 Å². The van der Waals surface area contributed by atoms with Gasteiger partial charge in [0.25, 0.3) is 0 Å². The molecule has 0 aliphatic heterocycles. The van der Waals surface area contributed by atoms with Gasteiger partial charge in [-0.25, -0.2) is 8.78 Å². The summed E-state index contributed by atoms with van der Waals surface area (Å²) in [5.74, 6) is -1.21. The number of ether oxygens (including phenoxy) is 1. The van der Waals surface area contributed by atoms with Gasteiger partial charge in [0.15, 0.2) is 11.6 Å². The molecule has 0 unspecified atom stereocenters. The average Bonchev–Trinajstić information content (AvgIpc) is 2.22. The van der Waals surface area contributed by atoms with E-state index in [1.54, 1.807) is 0 Å². The number of nitrogens with two attached hydrogens (primary N) is 1. The van der Waals surface area contributed by atoms with Gasteiger partial charge in [0.1, 0.15) is 5.82 Å². The lowest BCUT2D eigenvalue weighted by Gasteiger charge is -2.22. The van der Waals surface area contributed by atoms with Crippen molar-refractivity contribution in [1.29, 1.82) is 0 Å². The molecule has 0 heterocycles. The molecule has 0 aromatic heterocycles. The summed E-state index contributed by atoms with van der Waals surface area (Å²) in [6.45, 7) is 3.98. The molecule has 5 heteroatoms. The van der Waals surface area contributed by atoms with E-state index in [1.807, 2.05) is 13.8 Å². The second-order valence-corrected chi connectivity index (χ2v) is 4.86. The molecule has 1 aromatic carbocycles. The first-order chi connectivity index (χ1) is 7.83. The van der Waals surface area contributed by atoms with Crippen LogP contribution in [0.1, 0.15) is 20.3 Å². The smallest absolute Gasteiger partial charge is 0.165 e. The maximum atomic E-state index is 13.2. The van der Waals surface area contributed by atoms with Crippen molar-refractivity contribution >= 4 is 17.2 Å². The van der Waals surface area contributed by atoms with E-state index in [-0.39, 0.29) is 17.8 Å². The quantitative estimate of drug-likeness (QED) is 0.825. The minimum atomic E-state index is -0.584. The Hall–Kier alpha value is -1.23. The molecule has 2 N–H and O–H groups in total. The molecular weight excluding hydrogens is 244 g/mol. The van der Waals surface area contributed by atoms with Gasteiger partial charge >= 0.3 is 0 Å². The Morgan fingerprint density at radius 3 is 2.65 bits per heavy atom. The van der Waals surface area contributed by atoms with Crippen LogP contribution in [-0.4, -0.2) is 11.6 Å². The van der Waals surface area contributed by atoms with Crippen LogP contribution in [-0.2, 0) is 0 Å². The molecule has 1 aromatic rings. The highest BCUT2D eigenvalue weighted by Crippen LogP contribution is 2.23. The highest BCUT2D eigenvalue weighted by molar-refractivity contribution is 7.80. The van der Waals surface area contributed by atoms with Gasteiger partial charge in [0.2, 0.25) is 0 Å². The topological polar surface area (TPSA) is 35.2 Å². The number of hydrogen-bond donors (Lipinski definition) is 1. The Labute approximate surface area is 105 Å². The summed E-state index contributed by atoms with van der Waals surface area (Å²) < 4.78 is 31.2. The zero-order valence-electron chi connectivity index (χ0n) is 9.80. The highest BCUT2D eigenvalue weighted by Gasteiger charge is 2.21. The molecule has 0 saturated carbocycles. The zero-order valence-corrected chi connectivity index (χ0v) is 10.6. The van der Waals surface area contributed by atoms with Crippen LogP contribution < -0.4 is 10.5 Å². The Bertz CT molecular complexity index is 421. The van der Waals surface area contributed by atoms with Crippen LogP contribution >= 0.6 is 12.2 Å². The fourth-order valence-corrected chi connectivity index (χ4v) is 1.23. The lowest BCUT2D eigenvalue weighted by atomic mass is 9.90. The van der Waals surface area contributed by atoms with Crippen LogP contribution in [0.4, 0.5) is 8.78 Å². The molecule has 0 aliphatic carbocycles. The molecule has 1 rings (SSSR count). The largest absolute Gasteiger partial charge is 0.490 e. The first kappa shape index (κ1) is 13.8. The minimum Gasteiger partial charge on any atom is -0.490 e. The van der Waals surface area contributed by atoms with E-state index in [4.69, 9.17) is 22.7 Å². The van der Waals surface area contributed by atoms with Crippen LogP contribution in [0.3, 0.4) is 0 Å². The standard InChI is InChI=1S/C12H15F2NOS/c1-12(2,11(15)17)5-6-16-10-7-8(13)3-4-9(10)14/h3-4,7H,5-6H2,1-2H3,(H2,15,17). The third-order valence-electron chi connectivity index (χ3n) is 2.54. The van der Waals surface area contributed by atoms with Crippen molar-refractivity contribution in [2.45, 2.75) is 20.3 Å². The average molecular weight is 259 g/mol. The number of thiocarbonyl (C=S) groups is 1. The Kier molecular flexibility index (Phi) is 4.40. The molecule has 17 heavy (non-hydrogen) atoms. The van der Waals surface area contributed by atoms with Gasteiger partial charge in [0.05, 0.1) is 11.6 Å². The summed E-state index contributed by atoms with van der Waals surface area (Å²) in [5, 5.41) is 0. The number of halogens is 2. The number of rotatable bonds is 5. The van der Waals surface area contributed by atoms with Gasteiger partial charge in [-0.15, -0.1) is 0 Å². The second kappa shape index (κ2) is 5.40. The van der Waals surface area contributed by atoms with Crippen LogP contribution in [0.5, 0.6) is 5.75 Å². The lowest BCUT2D eigenvalue weighted by Crippen LogP contribution is -2.31. The summed E-state index contributed by atoms with van der Waals surface area (Å²) >= 11 is 4.90. The van der Waals surface area contributed by atoms with Gasteiger partial charge in [-0.05, 0) is 18.6 Å². The van der Waals surface area contributed by atoms with E-state index in [0.717, 1.165) is 18.2 Å². The molecule has 2 nitrogen and oxygen atoms in total. The lowest BCUT2D eigenvalue weighted by molar-refractivity contribution is 0.258. The number of benzene rings is 1. The Balaban J connectivity index is 2.57. The number of hydrogen-bond acceptors (Lipinski definition) is 2. The second-order valence-electron chi connectivity index (χ2n) is 4.42. The van der Waals surface area contributed by atoms with Crippen molar-refractivity contribution < 1.29 is 13.5 Å². The first-order valence-electron chi connectivity index (χ1n) is 5.21. The minimum absolute atomic E-state index is 0.0938. The van der Waals surface area contributed by atoms with Gasteiger partial charge in [0, 0.05) is 11.5 Å². The molecule has 94 valence electrons. The van der Waals surface area contributed by atoms with Crippen LogP contribution in [0.2, 0.25) is 0 Å². The van der Waals surface area contributed by atoms with E-state index < -0.39 is 11.6 Å². The van der Waals surface area contributed by atoms with E-state index in [1.165, 1.54) is 0 Å². The van der Waals surface area contributed by atoms with Crippen LogP contribution in [0.15, 0.2) is 18.2 Å². The molecule has 0 fully saturated rings.